The number of aryl methyl sites for hydroxylation is 1. The van der Waals surface area contributed by atoms with Crippen LogP contribution in [-0.2, 0) is 4.79 Å². The van der Waals surface area contributed by atoms with Crippen molar-refractivity contribution < 1.29 is 15.0 Å². The summed E-state index contributed by atoms with van der Waals surface area (Å²) in [6.45, 7) is 1.89. The van der Waals surface area contributed by atoms with Gasteiger partial charge in [-0.1, -0.05) is 23.7 Å². The Kier molecular flexibility index (Phi) is 5.02. The monoisotopic (exact) mass is 297 g/mol. The van der Waals surface area contributed by atoms with Crippen LogP contribution in [0, 0.1) is 6.92 Å². The third-order valence-electron chi connectivity index (χ3n) is 3.60. The zero-order valence-electron chi connectivity index (χ0n) is 11.5. The minimum absolute atomic E-state index is 0.0496. The van der Waals surface area contributed by atoms with E-state index in [0.717, 1.165) is 24.0 Å². The maximum Gasteiger partial charge on any atom is 0.303 e. The molecule has 0 aromatic heterocycles. The van der Waals surface area contributed by atoms with E-state index in [1.165, 1.54) is 0 Å². The maximum atomic E-state index is 10.7. The van der Waals surface area contributed by atoms with Crippen LogP contribution in [0.15, 0.2) is 18.2 Å². The molecule has 1 aromatic carbocycles. The fourth-order valence-electron chi connectivity index (χ4n) is 2.25. The molecule has 110 valence electrons. The van der Waals surface area contributed by atoms with Gasteiger partial charge in [0.15, 0.2) is 0 Å². The summed E-state index contributed by atoms with van der Waals surface area (Å²) in [5.74, 6) is -0.841. The number of aliphatic hydroxyl groups is 1. The van der Waals surface area contributed by atoms with Gasteiger partial charge in [0.1, 0.15) is 0 Å². The predicted octanol–water partition coefficient (Wildman–Crippen LogP) is 2.67. The van der Waals surface area contributed by atoms with E-state index in [1.807, 2.05) is 13.0 Å². The second kappa shape index (κ2) is 6.57. The van der Waals surface area contributed by atoms with Gasteiger partial charge in [0.25, 0.3) is 0 Å². The number of hydrogen-bond acceptors (Lipinski definition) is 3. The zero-order chi connectivity index (χ0) is 14.7. The highest BCUT2D eigenvalue weighted by molar-refractivity contribution is 6.31. The number of halogens is 1. The fourth-order valence-corrected chi connectivity index (χ4v) is 2.37. The summed E-state index contributed by atoms with van der Waals surface area (Å²) in [4.78, 5) is 10.7. The second-order valence-electron chi connectivity index (χ2n) is 5.43. The number of aliphatic hydroxyl groups excluding tert-OH is 1. The third kappa shape index (κ3) is 4.20. The lowest BCUT2D eigenvalue weighted by molar-refractivity contribution is -0.137. The number of carboxylic acid groups (broad SMARTS) is 1. The van der Waals surface area contributed by atoms with Crippen molar-refractivity contribution in [2.75, 3.05) is 0 Å². The molecule has 0 saturated heterocycles. The Bertz CT molecular complexity index is 488. The average Bonchev–Trinajstić information content (AvgIpc) is 3.20. The van der Waals surface area contributed by atoms with Crippen molar-refractivity contribution in [2.45, 2.75) is 50.8 Å². The standard InChI is InChI=1S/C15H20ClNO3/c1-9-8-10(2-5-12(9)16)15(20)13(6-7-14(18)19)17-11-3-4-11/h2,5,8,11,13,15,17,20H,3-4,6-7H2,1H3,(H,18,19). The first-order valence-corrected chi connectivity index (χ1v) is 7.27. The molecular weight excluding hydrogens is 278 g/mol. The molecule has 0 radical (unpaired) electrons. The summed E-state index contributed by atoms with van der Waals surface area (Å²) in [5, 5.41) is 23.3. The number of benzene rings is 1. The number of rotatable bonds is 7. The Balaban J connectivity index is 2.08. The number of carboxylic acids is 1. The minimum Gasteiger partial charge on any atom is -0.481 e. The first-order valence-electron chi connectivity index (χ1n) is 6.89. The zero-order valence-corrected chi connectivity index (χ0v) is 12.2. The lowest BCUT2D eigenvalue weighted by atomic mass is 9.97. The summed E-state index contributed by atoms with van der Waals surface area (Å²) in [6, 6.07) is 5.59. The van der Waals surface area contributed by atoms with E-state index in [1.54, 1.807) is 12.1 Å². The molecule has 2 atom stereocenters. The van der Waals surface area contributed by atoms with Crippen LogP contribution in [0.4, 0.5) is 0 Å². The summed E-state index contributed by atoms with van der Waals surface area (Å²) in [5.41, 5.74) is 1.68. The van der Waals surface area contributed by atoms with E-state index in [0.29, 0.717) is 17.5 Å². The first kappa shape index (κ1) is 15.3. The fraction of sp³-hybridized carbons (Fsp3) is 0.533. The van der Waals surface area contributed by atoms with Crippen LogP contribution in [0.2, 0.25) is 5.02 Å². The van der Waals surface area contributed by atoms with Gasteiger partial charge in [-0.15, -0.1) is 0 Å². The largest absolute Gasteiger partial charge is 0.481 e. The minimum atomic E-state index is -0.841. The molecule has 1 saturated carbocycles. The van der Waals surface area contributed by atoms with Gasteiger partial charge in [-0.3, -0.25) is 4.79 Å². The molecule has 0 heterocycles. The molecule has 2 unspecified atom stereocenters. The highest BCUT2D eigenvalue weighted by Crippen LogP contribution is 2.28. The van der Waals surface area contributed by atoms with Gasteiger partial charge in [0, 0.05) is 23.5 Å². The molecule has 0 bridgehead atoms. The molecule has 1 aliphatic carbocycles. The molecular formula is C15H20ClNO3. The molecule has 2 rings (SSSR count). The van der Waals surface area contributed by atoms with Gasteiger partial charge < -0.3 is 15.5 Å². The number of hydrogen-bond donors (Lipinski definition) is 3. The highest BCUT2D eigenvalue weighted by Gasteiger charge is 2.29. The van der Waals surface area contributed by atoms with Crippen LogP contribution in [0.5, 0.6) is 0 Å². The van der Waals surface area contributed by atoms with Crippen molar-refractivity contribution >= 4 is 17.6 Å². The van der Waals surface area contributed by atoms with E-state index < -0.39 is 12.1 Å². The third-order valence-corrected chi connectivity index (χ3v) is 4.03. The van der Waals surface area contributed by atoms with Gasteiger partial charge in [-0.05, 0) is 43.4 Å². The Hall–Kier alpha value is -1.10. The van der Waals surface area contributed by atoms with Gasteiger partial charge >= 0.3 is 5.97 Å². The number of nitrogens with one attached hydrogen (secondary N) is 1. The quantitative estimate of drug-likeness (QED) is 0.724. The lowest BCUT2D eigenvalue weighted by Crippen LogP contribution is -2.37. The Morgan fingerprint density at radius 2 is 2.20 bits per heavy atom. The molecule has 0 spiro atoms. The van der Waals surface area contributed by atoms with Crippen LogP contribution in [0.3, 0.4) is 0 Å². The summed E-state index contributed by atoms with van der Waals surface area (Å²) < 4.78 is 0. The number of aliphatic carboxylic acids is 1. The van der Waals surface area contributed by atoms with Crippen LogP contribution in [-0.4, -0.2) is 28.3 Å². The van der Waals surface area contributed by atoms with Crippen LogP contribution in [0.25, 0.3) is 0 Å². The normalized spacial score (nSPS) is 17.8. The van der Waals surface area contributed by atoms with Crippen LogP contribution in [0.1, 0.15) is 42.9 Å². The summed E-state index contributed by atoms with van der Waals surface area (Å²) in [7, 11) is 0. The summed E-state index contributed by atoms with van der Waals surface area (Å²) in [6.07, 6.45) is 1.93. The molecule has 0 amide bonds. The van der Waals surface area contributed by atoms with E-state index in [-0.39, 0.29) is 12.5 Å². The van der Waals surface area contributed by atoms with Crippen LogP contribution >= 0.6 is 11.6 Å². The Morgan fingerprint density at radius 3 is 2.75 bits per heavy atom. The van der Waals surface area contributed by atoms with E-state index in [2.05, 4.69) is 5.32 Å². The smallest absolute Gasteiger partial charge is 0.303 e. The van der Waals surface area contributed by atoms with Crippen molar-refractivity contribution in [3.05, 3.63) is 34.3 Å². The van der Waals surface area contributed by atoms with Gasteiger partial charge in [0.05, 0.1) is 6.10 Å². The summed E-state index contributed by atoms with van der Waals surface area (Å²) >= 11 is 5.99. The van der Waals surface area contributed by atoms with E-state index in [9.17, 15) is 9.90 Å². The molecule has 20 heavy (non-hydrogen) atoms. The Morgan fingerprint density at radius 1 is 1.50 bits per heavy atom. The number of carbonyl (C=O) groups is 1. The topological polar surface area (TPSA) is 69.6 Å². The predicted molar refractivity (Wildman–Crippen MR) is 78.0 cm³/mol. The van der Waals surface area contributed by atoms with Crippen LogP contribution < -0.4 is 5.32 Å². The molecule has 1 fully saturated rings. The molecule has 1 aliphatic rings. The van der Waals surface area contributed by atoms with E-state index in [4.69, 9.17) is 16.7 Å². The van der Waals surface area contributed by atoms with Crippen molar-refractivity contribution in [1.29, 1.82) is 0 Å². The SMILES string of the molecule is Cc1cc(C(O)C(CCC(=O)O)NC2CC2)ccc1Cl. The van der Waals surface area contributed by atoms with E-state index >= 15 is 0 Å². The van der Waals surface area contributed by atoms with Gasteiger partial charge in [0.2, 0.25) is 0 Å². The van der Waals surface area contributed by atoms with Gasteiger partial charge in [-0.2, -0.15) is 0 Å². The average molecular weight is 298 g/mol. The molecule has 3 N–H and O–H groups in total. The molecule has 4 nitrogen and oxygen atoms in total. The maximum absolute atomic E-state index is 10.7. The molecule has 5 heteroatoms. The second-order valence-corrected chi connectivity index (χ2v) is 5.84. The Labute approximate surface area is 123 Å². The van der Waals surface area contributed by atoms with Crippen molar-refractivity contribution in [1.82, 2.24) is 5.32 Å². The first-order chi connectivity index (χ1) is 9.47. The van der Waals surface area contributed by atoms with Crippen molar-refractivity contribution in [3.63, 3.8) is 0 Å². The highest BCUT2D eigenvalue weighted by atomic mass is 35.5. The molecule has 0 aliphatic heterocycles. The lowest BCUT2D eigenvalue weighted by Gasteiger charge is -2.24. The van der Waals surface area contributed by atoms with Gasteiger partial charge in [-0.25, -0.2) is 0 Å². The van der Waals surface area contributed by atoms with Crippen molar-refractivity contribution in [2.24, 2.45) is 0 Å². The van der Waals surface area contributed by atoms with Crippen molar-refractivity contribution in [3.8, 4) is 0 Å². The molecule has 1 aromatic rings.